The van der Waals surface area contributed by atoms with Crippen molar-refractivity contribution in [2.24, 2.45) is 28.3 Å². The van der Waals surface area contributed by atoms with E-state index in [0.717, 1.165) is 51.5 Å². The van der Waals surface area contributed by atoms with Gasteiger partial charge in [-0.15, -0.1) is 0 Å². The van der Waals surface area contributed by atoms with Gasteiger partial charge in [-0.2, -0.15) is 13.6 Å². The van der Waals surface area contributed by atoms with Crippen LogP contribution in [0.2, 0.25) is 0 Å². The van der Waals surface area contributed by atoms with E-state index >= 15 is 0 Å². The third kappa shape index (κ3) is 5.46. The Morgan fingerprint density at radius 2 is 1.88 bits per heavy atom. The normalized spacial score (nSPS) is 30.2. The van der Waals surface area contributed by atoms with Crippen LogP contribution in [0.1, 0.15) is 102 Å². The number of rotatable bonds is 10. The minimum atomic E-state index is -4.01. The quantitative estimate of drug-likeness (QED) is 0.439. The SMILES string of the molecule is CCCCCCCCNC(=O)[C@H]1CC[C@H]2[C@@H]3CCc4cc(OS(N)(=O)=O)ccc4[C@H]3CC[C@]12C. The lowest BCUT2D eigenvalue weighted by molar-refractivity contribution is -0.130. The van der Waals surface area contributed by atoms with Gasteiger partial charge in [0.15, 0.2) is 0 Å². The van der Waals surface area contributed by atoms with Gasteiger partial charge in [-0.25, -0.2) is 0 Å². The van der Waals surface area contributed by atoms with Gasteiger partial charge in [0, 0.05) is 12.5 Å². The van der Waals surface area contributed by atoms with Gasteiger partial charge in [-0.05, 0) is 91.4 Å². The molecule has 1 aromatic carbocycles. The lowest BCUT2D eigenvalue weighted by atomic mass is 9.54. The van der Waals surface area contributed by atoms with Crippen LogP contribution in [0.25, 0.3) is 0 Å². The summed E-state index contributed by atoms with van der Waals surface area (Å²) in [6.45, 7) is 5.41. The van der Waals surface area contributed by atoms with Gasteiger partial charge in [0.25, 0.3) is 0 Å². The number of hydrogen-bond donors (Lipinski definition) is 2. The van der Waals surface area contributed by atoms with Crippen molar-refractivity contribution in [3.8, 4) is 5.75 Å². The summed E-state index contributed by atoms with van der Waals surface area (Å²) in [5.74, 6) is 2.35. The molecule has 0 unspecified atom stereocenters. The molecule has 0 saturated heterocycles. The van der Waals surface area contributed by atoms with E-state index in [2.05, 4.69) is 19.2 Å². The summed E-state index contributed by atoms with van der Waals surface area (Å²) in [4.78, 5) is 13.2. The van der Waals surface area contributed by atoms with Crippen molar-refractivity contribution in [2.45, 2.75) is 96.8 Å². The van der Waals surface area contributed by atoms with E-state index in [1.54, 1.807) is 6.07 Å². The molecule has 2 fully saturated rings. The highest BCUT2D eigenvalue weighted by Gasteiger charge is 2.56. The van der Waals surface area contributed by atoms with Crippen molar-refractivity contribution in [3.05, 3.63) is 29.3 Å². The Labute approximate surface area is 205 Å². The molecule has 7 heteroatoms. The average molecular weight is 491 g/mol. The van der Waals surface area contributed by atoms with Gasteiger partial charge in [0.2, 0.25) is 5.91 Å². The summed E-state index contributed by atoms with van der Waals surface area (Å²) in [6, 6.07) is 5.61. The van der Waals surface area contributed by atoms with Crippen LogP contribution in [-0.2, 0) is 21.5 Å². The first-order valence-corrected chi connectivity index (χ1v) is 14.8. The minimum absolute atomic E-state index is 0.0839. The molecule has 0 aliphatic heterocycles. The predicted molar refractivity (Wildman–Crippen MR) is 135 cm³/mol. The van der Waals surface area contributed by atoms with Gasteiger partial charge >= 0.3 is 10.3 Å². The maximum atomic E-state index is 13.2. The van der Waals surface area contributed by atoms with Crippen molar-refractivity contribution in [3.63, 3.8) is 0 Å². The average Bonchev–Trinajstić information content (AvgIpc) is 3.14. The maximum absolute atomic E-state index is 13.2. The molecule has 0 heterocycles. The second-order valence-electron chi connectivity index (χ2n) is 11.1. The van der Waals surface area contributed by atoms with E-state index in [-0.39, 0.29) is 17.2 Å². The molecule has 1 aromatic rings. The number of hydrogen-bond acceptors (Lipinski definition) is 4. The van der Waals surface area contributed by atoms with Crippen LogP contribution < -0.4 is 14.6 Å². The third-order valence-corrected chi connectivity index (χ3v) is 9.48. The highest BCUT2D eigenvalue weighted by Crippen LogP contribution is 2.63. The fraction of sp³-hybridized carbons (Fsp3) is 0.741. The Bertz CT molecular complexity index is 979. The second kappa shape index (κ2) is 10.6. The van der Waals surface area contributed by atoms with Crippen LogP contribution >= 0.6 is 0 Å². The fourth-order valence-corrected chi connectivity index (χ4v) is 7.79. The van der Waals surface area contributed by atoms with Crippen molar-refractivity contribution in [1.82, 2.24) is 5.32 Å². The Balaban J connectivity index is 1.37. The number of benzene rings is 1. The molecule has 0 spiro atoms. The Morgan fingerprint density at radius 3 is 2.65 bits per heavy atom. The maximum Gasteiger partial charge on any atom is 0.380 e. The smallest absolute Gasteiger partial charge is 0.371 e. The molecule has 3 N–H and O–H groups in total. The molecule has 34 heavy (non-hydrogen) atoms. The predicted octanol–water partition coefficient (Wildman–Crippen LogP) is 5.22. The highest BCUT2D eigenvalue weighted by molar-refractivity contribution is 7.84. The fourth-order valence-electron chi connectivity index (χ4n) is 7.42. The zero-order valence-corrected chi connectivity index (χ0v) is 21.7. The Morgan fingerprint density at radius 1 is 1.12 bits per heavy atom. The molecule has 3 aliphatic carbocycles. The number of carbonyl (C=O) groups is 1. The minimum Gasteiger partial charge on any atom is -0.371 e. The van der Waals surface area contributed by atoms with Gasteiger partial charge in [0.1, 0.15) is 5.75 Å². The van der Waals surface area contributed by atoms with E-state index in [1.807, 2.05) is 12.1 Å². The van der Waals surface area contributed by atoms with Crippen molar-refractivity contribution in [2.75, 3.05) is 6.54 Å². The Kier molecular flexibility index (Phi) is 7.92. The number of carbonyl (C=O) groups excluding carboxylic acids is 1. The van der Waals surface area contributed by atoms with Crippen LogP contribution in [0, 0.1) is 23.2 Å². The summed E-state index contributed by atoms with van der Waals surface area (Å²) in [5, 5.41) is 8.31. The van der Waals surface area contributed by atoms with Crippen LogP contribution in [-0.4, -0.2) is 20.9 Å². The summed E-state index contributed by atoms with van der Waals surface area (Å²) < 4.78 is 27.5. The molecule has 0 radical (unpaired) electrons. The molecule has 0 bridgehead atoms. The first-order valence-electron chi connectivity index (χ1n) is 13.4. The van der Waals surface area contributed by atoms with Gasteiger partial charge in [-0.1, -0.05) is 52.0 Å². The molecule has 1 amide bonds. The van der Waals surface area contributed by atoms with Crippen LogP contribution in [0.5, 0.6) is 5.75 Å². The van der Waals surface area contributed by atoms with Crippen molar-refractivity contribution >= 4 is 16.2 Å². The largest absolute Gasteiger partial charge is 0.380 e. The lowest BCUT2D eigenvalue weighted by Gasteiger charge is -2.50. The summed E-state index contributed by atoms with van der Waals surface area (Å²) in [5.41, 5.74) is 2.59. The highest BCUT2D eigenvalue weighted by atomic mass is 32.2. The zero-order valence-electron chi connectivity index (χ0n) is 20.9. The zero-order chi connectivity index (χ0) is 24.3. The first kappa shape index (κ1) is 25.5. The molecule has 6 nitrogen and oxygen atoms in total. The second-order valence-corrected chi connectivity index (χ2v) is 12.2. The summed E-state index contributed by atoms with van der Waals surface area (Å²) in [7, 11) is -4.01. The summed E-state index contributed by atoms with van der Waals surface area (Å²) in [6.07, 6.45) is 13.7. The topological polar surface area (TPSA) is 98.5 Å². The first-order chi connectivity index (χ1) is 16.2. The Hall–Kier alpha value is -1.60. The van der Waals surface area contributed by atoms with Crippen LogP contribution in [0.15, 0.2) is 18.2 Å². The summed E-state index contributed by atoms with van der Waals surface area (Å²) >= 11 is 0. The number of nitrogens with two attached hydrogens (primary N) is 1. The number of aryl methyl sites for hydroxylation is 1. The standard InChI is InChI=1S/C27H42N2O4S/c1-3-4-5-6-7-8-17-29-26(30)25-14-13-24-23-11-9-19-18-20(33-34(28,31)32)10-12-21(19)22(23)15-16-27(24,25)2/h10,12,18,22-25H,3-9,11,13-17H2,1-2H3,(H,29,30)(H2,28,31,32)/t22-,23-,24+,25-,27+/m1/s1. The molecule has 0 aromatic heterocycles. The number of nitrogens with one attached hydrogen (secondary N) is 1. The van der Waals surface area contributed by atoms with E-state index in [1.165, 1.54) is 43.2 Å². The lowest BCUT2D eigenvalue weighted by Crippen LogP contribution is -2.46. The molecule has 190 valence electrons. The van der Waals surface area contributed by atoms with Crippen molar-refractivity contribution in [1.29, 1.82) is 0 Å². The molecule has 5 atom stereocenters. The van der Waals surface area contributed by atoms with Crippen molar-refractivity contribution < 1.29 is 17.4 Å². The van der Waals surface area contributed by atoms with E-state index in [4.69, 9.17) is 9.32 Å². The molecule has 2 saturated carbocycles. The van der Waals surface area contributed by atoms with Gasteiger partial charge in [-0.3, -0.25) is 4.79 Å². The van der Waals surface area contributed by atoms with E-state index < -0.39 is 10.3 Å². The monoisotopic (exact) mass is 490 g/mol. The van der Waals surface area contributed by atoms with E-state index in [0.29, 0.717) is 23.5 Å². The van der Waals surface area contributed by atoms with Gasteiger partial charge in [0.05, 0.1) is 0 Å². The number of unbranched alkanes of at least 4 members (excludes halogenated alkanes) is 5. The van der Waals surface area contributed by atoms with Gasteiger partial charge < -0.3 is 9.50 Å². The molecular weight excluding hydrogens is 448 g/mol. The number of amides is 1. The number of fused-ring (bicyclic) bond motifs is 5. The van der Waals surface area contributed by atoms with Crippen LogP contribution in [0.3, 0.4) is 0 Å². The molecule has 4 rings (SSSR count). The third-order valence-electron chi connectivity index (χ3n) is 9.06. The molecular formula is C27H42N2O4S. The van der Waals surface area contributed by atoms with E-state index in [9.17, 15) is 13.2 Å². The van der Waals surface area contributed by atoms with Crippen LogP contribution in [0.4, 0.5) is 0 Å². The molecule has 3 aliphatic rings.